The van der Waals surface area contributed by atoms with Gasteiger partial charge in [0.05, 0.1) is 41.7 Å². The number of benzene rings is 2. The number of hydrogen-bond donors (Lipinski definition) is 5. The molecule has 0 radical (unpaired) electrons. The van der Waals surface area contributed by atoms with Crippen molar-refractivity contribution in [3.8, 4) is 50.8 Å². The Hall–Kier alpha value is -6.59. The normalized spacial score (nSPS) is 18.9. The minimum absolute atomic E-state index is 0.0490. The van der Waals surface area contributed by atoms with Crippen LogP contribution in [-0.4, -0.2) is 98.0 Å². The van der Waals surface area contributed by atoms with E-state index in [2.05, 4.69) is 127 Å². The molecule has 1 saturated carbocycles. The summed E-state index contributed by atoms with van der Waals surface area (Å²) >= 11 is 0. The average Bonchev–Trinajstić information content (AvgIpc) is 4.07. The maximum absolute atomic E-state index is 10.6. The van der Waals surface area contributed by atoms with Gasteiger partial charge in [0.15, 0.2) is 5.65 Å². The highest BCUT2D eigenvalue weighted by Crippen LogP contribution is 2.39. The van der Waals surface area contributed by atoms with Crippen molar-refractivity contribution < 1.29 is 10.2 Å². The molecule has 2 unspecified atom stereocenters. The van der Waals surface area contributed by atoms with E-state index in [1.54, 1.807) is 36.9 Å². The molecular weight excluding hydrogens is 783 g/mol. The van der Waals surface area contributed by atoms with Crippen molar-refractivity contribution >= 4 is 22.2 Å². The fourth-order valence-corrected chi connectivity index (χ4v) is 9.44. The molecule has 0 spiro atoms. The van der Waals surface area contributed by atoms with Crippen LogP contribution in [0.1, 0.15) is 92.7 Å². The van der Waals surface area contributed by atoms with Crippen molar-refractivity contribution in [2.75, 3.05) is 0 Å². The third-order valence-electron chi connectivity index (χ3n) is 11.6. The molecule has 0 amide bonds. The lowest BCUT2D eigenvalue weighted by molar-refractivity contribution is 0.134. The van der Waals surface area contributed by atoms with Crippen molar-refractivity contribution in [3.05, 3.63) is 85.6 Å². The maximum Gasteiger partial charge on any atom is 0.201 e. The molecule has 17 nitrogen and oxygen atoms in total. The Labute approximate surface area is 359 Å². The molecule has 8 aromatic rings. The van der Waals surface area contributed by atoms with Crippen LogP contribution in [-0.2, 0) is 0 Å². The highest BCUT2D eigenvalue weighted by Gasteiger charge is 2.39. The number of piperidine rings is 1. The van der Waals surface area contributed by atoms with Gasteiger partial charge in [-0.3, -0.25) is 5.10 Å². The number of rotatable bonds is 7. The zero-order valence-electron chi connectivity index (χ0n) is 36.1. The molecule has 2 aliphatic rings. The highest BCUT2D eigenvalue weighted by atomic mass is 16.3. The van der Waals surface area contributed by atoms with Gasteiger partial charge in [-0.15, -0.1) is 25.5 Å². The van der Waals surface area contributed by atoms with Crippen molar-refractivity contribution in [1.29, 1.82) is 0 Å². The quantitative estimate of drug-likeness (QED) is 0.107. The Balaban J connectivity index is 0.000000158. The van der Waals surface area contributed by atoms with Gasteiger partial charge in [-0.1, -0.05) is 11.3 Å². The molecule has 6 aromatic heterocycles. The van der Waals surface area contributed by atoms with E-state index in [1.807, 2.05) is 41.1 Å². The van der Waals surface area contributed by atoms with E-state index in [0.29, 0.717) is 51.4 Å². The van der Waals surface area contributed by atoms with Gasteiger partial charge in [-0.25, -0.2) is 4.68 Å². The number of aromatic hydroxyl groups is 2. The van der Waals surface area contributed by atoms with E-state index >= 15 is 0 Å². The summed E-state index contributed by atoms with van der Waals surface area (Å²) in [6, 6.07) is 17.7. The van der Waals surface area contributed by atoms with E-state index in [-0.39, 0.29) is 34.2 Å². The third kappa shape index (κ3) is 8.50. The van der Waals surface area contributed by atoms with Crippen LogP contribution >= 0.6 is 0 Å². The first kappa shape index (κ1) is 40.8. The van der Waals surface area contributed by atoms with E-state index in [1.165, 1.54) is 4.80 Å². The molecule has 1 aliphatic carbocycles. The van der Waals surface area contributed by atoms with Crippen molar-refractivity contribution in [2.45, 2.75) is 115 Å². The maximum atomic E-state index is 10.6. The Bertz CT molecular complexity index is 2820. The molecule has 10 rings (SSSR count). The highest BCUT2D eigenvalue weighted by molar-refractivity contribution is 5.82. The number of nitrogens with zero attached hydrogens (tertiary/aromatic N) is 12. The van der Waals surface area contributed by atoms with Gasteiger partial charge in [0.2, 0.25) is 5.65 Å². The fourth-order valence-electron chi connectivity index (χ4n) is 9.44. The average molecular weight is 836 g/mol. The van der Waals surface area contributed by atoms with E-state index in [4.69, 9.17) is 0 Å². The number of H-pyrrole nitrogens is 1. The number of phenols is 2. The van der Waals surface area contributed by atoms with Crippen molar-refractivity contribution in [1.82, 2.24) is 75.8 Å². The van der Waals surface area contributed by atoms with Crippen LogP contribution < -0.4 is 10.6 Å². The van der Waals surface area contributed by atoms with E-state index < -0.39 is 0 Å². The molecule has 7 heterocycles. The molecule has 2 aromatic carbocycles. The summed E-state index contributed by atoms with van der Waals surface area (Å²) in [5, 5.41) is 71.0. The lowest BCUT2D eigenvalue weighted by atomic mass is 9.79. The van der Waals surface area contributed by atoms with Gasteiger partial charge in [-0.05, 0) is 129 Å². The molecule has 2 atom stereocenters. The Morgan fingerprint density at radius 1 is 0.742 bits per heavy atom. The summed E-state index contributed by atoms with van der Waals surface area (Å²) < 4.78 is 4.15. The van der Waals surface area contributed by atoms with Crippen LogP contribution in [0.15, 0.2) is 85.6 Å². The Kier molecular flexibility index (Phi) is 10.3. The summed E-state index contributed by atoms with van der Waals surface area (Å²) in [4.78, 5) is 1.46. The van der Waals surface area contributed by atoms with Crippen LogP contribution in [0.4, 0.5) is 0 Å². The molecular formula is C45H53N15O2. The smallest absolute Gasteiger partial charge is 0.201 e. The molecule has 320 valence electrons. The lowest BCUT2D eigenvalue weighted by Gasteiger charge is -2.47. The topological polar surface area (TPSA) is 211 Å². The van der Waals surface area contributed by atoms with Crippen LogP contribution in [0.2, 0.25) is 0 Å². The minimum atomic E-state index is 0.0490. The molecule has 2 fully saturated rings. The lowest BCUT2D eigenvalue weighted by Crippen LogP contribution is -2.57. The summed E-state index contributed by atoms with van der Waals surface area (Å²) in [5.74, 6) is 0.247. The number of nitrogens with one attached hydrogen (secondary N) is 3. The van der Waals surface area contributed by atoms with E-state index in [0.717, 1.165) is 54.3 Å². The van der Waals surface area contributed by atoms with Gasteiger partial charge in [0.1, 0.15) is 17.0 Å². The van der Waals surface area contributed by atoms with Gasteiger partial charge in [0.25, 0.3) is 0 Å². The molecule has 62 heavy (non-hydrogen) atoms. The molecule has 1 aliphatic heterocycles. The zero-order chi connectivity index (χ0) is 43.4. The molecule has 0 bridgehead atoms. The predicted molar refractivity (Wildman–Crippen MR) is 236 cm³/mol. The second kappa shape index (κ2) is 15.7. The van der Waals surface area contributed by atoms with Crippen molar-refractivity contribution in [3.63, 3.8) is 0 Å². The van der Waals surface area contributed by atoms with Crippen LogP contribution in [0.5, 0.6) is 11.5 Å². The standard InChI is InChI=1S/C23H27N7O.C22H26N8O/c1-22(2)13-17(14-23(3,4)28-22)29-10-7-15-11-19(26-27-21(15)29)18-6-5-16(12-20(18)31)30-24-8-9-25-30;1-22(2,3)25-15-5-6-16(9-15)30-21-19(27-29-30)10-18(26-28-21)17-7-4-13(8-20(17)31)14-11-23-24-12-14/h5-12,17,28,31H,13-14H2,1-4H3;4,7-8,10-12,15-16,25,31H,5-6,9H2,1-3H3,(H,23,24). The third-order valence-corrected chi connectivity index (χ3v) is 11.6. The van der Waals surface area contributed by atoms with Gasteiger partial charge in [-0.2, -0.15) is 20.1 Å². The summed E-state index contributed by atoms with van der Waals surface area (Å²) in [6.45, 7) is 15.6. The summed E-state index contributed by atoms with van der Waals surface area (Å²) in [7, 11) is 0. The van der Waals surface area contributed by atoms with Gasteiger partial charge in [0, 0.05) is 69.2 Å². The summed E-state index contributed by atoms with van der Waals surface area (Å²) in [6.07, 6.45) is 14.0. The SMILES string of the molecule is CC(C)(C)NC1CCC(n2nnc3cc(-c4ccc(-c5cn[nH]c5)cc4O)nnc32)C1.CC1(C)CC(n2ccc3cc(-c4ccc(-n5nccn5)cc4O)nnc32)CC(C)(C)N1. The van der Waals surface area contributed by atoms with Crippen LogP contribution in [0.3, 0.4) is 0 Å². The number of aromatic nitrogens is 13. The summed E-state index contributed by atoms with van der Waals surface area (Å²) in [5.41, 5.74) is 7.31. The first-order valence-corrected chi connectivity index (χ1v) is 21.1. The fraction of sp³-hybridized carbons (Fsp3) is 0.400. The van der Waals surface area contributed by atoms with Gasteiger partial charge < -0.3 is 25.4 Å². The van der Waals surface area contributed by atoms with Crippen LogP contribution in [0.25, 0.3) is 61.5 Å². The molecule has 5 N–H and O–H groups in total. The minimum Gasteiger partial charge on any atom is -0.507 e. The number of phenolic OH excluding ortho intramolecular Hbond substituents is 2. The molecule has 1 saturated heterocycles. The second-order valence-electron chi connectivity index (χ2n) is 19.0. The van der Waals surface area contributed by atoms with Crippen LogP contribution in [0, 0.1) is 0 Å². The van der Waals surface area contributed by atoms with Crippen molar-refractivity contribution in [2.24, 2.45) is 0 Å². The first-order chi connectivity index (χ1) is 29.6. The van der Waals surface area contributed by atoms with Gasteiger partial charge >= 0.3 is 0 Å². The number of hydrogen-bond acceptors (Lipinski definition) is 13. The van der Waals surface area contributed by atoms with E-state index in [9.17, 15) is 10.2 Å². The largest absolute Gasteiger partial charge is 0.507 e. The predicted octanol–water partition coefficient (Wildman–Crippen LogP) is 7.33. The zero-order valence-corrected chi connectivity index (χ0v) is 36.1. The monoisotopic (exact) mass is 835 g/mol. The Morgan fingerprint density at radius 3 is 2.11 bits per heavy atom. The Morgan fingerprint density at radius 2 is 1.44 bits per heavy atom. The first-order valence-electron chi connectivity index (χ1n) is 21.1. The second-order valence-corrected chi connectivity index (χ2v) is 19.0. The number of aromatic amines is 1. The number of fused-ring (bicyclic) bond motifs is 2. The molecule has 17 heteroatoms.